The maximum atomic E-state index is 12.1. The van der Waals surface area contributed by atoms with E-state index in [0.29, 0.717) is 18.9 Å². The highest BCUT2D eigenvalue weighted by atomic mass is 32.1. The van der Waals surface area contributed by atoms with Crippen LogP contribution in [0.4, 0.5) is 0 Å². The second-order valence-electron chi connectivity index (χ2n) is 6.51. The third-order valence-electron chi connectivity index (χ3n) is 4.58. The number of hydrogen-bond acceptors (Lipinski definition) is 5. The highest BCUT2D eigenvalue weighted by molar-refractivity contribution is 7.11. The molecule has 2 aromatic rings. The molecule has 0 radical (unpaired) electrons. The summed E-state index contributed by atoms with van der Waals surface area (Å²) in [5, 5.41) is 7.37. The molecule has 3 rings (SSSR count). The van der Waals surface area contributed by atoms with Crippen molar-refractivity contribution in [3.05, 3.63) is 31.7 Å². The Labute approximate surface area is 151 Å². The van der Waals surface area contributed by atoms with E-state index in [1.54, 1.807) is 22.7 Å². The molecule has 0 aliphatic heterocycles. The van der Waals surface area contributed by atoms with E-state index in [2.05, 4.69) is 15.7 Å². The number of aryl methyl sites for hydroxylation is 2. The number of amides is 1. The van der Waals surface area contributed by atoms with Crippen LogP contribution in [-0.4, -0.2) is 22.4 Å². The molecular weight excluding hydrogens is 338 g/mol. The van der Waals surface area contributed by atoms with E-state index in [-0.39, 0.29) is 5.91 Å². The highest BCUT2D eigenvalue weighted by Crippen LogP contribution is 2.33. The Bertz CT molecular complexity index is 686. The monoisotopic (exact) mass is 363 g/mol. The second-order valence-corrected chi connectivity index (χ2v) is 8.86. The fourth-order valence-corrected chi connectivity index (χ4v) is 5.00. The van der Waals surface area contributed by atoms with E-state index in [9.17, 15) is 4.79 Å². The van der Waals surface area contributed by atoms with Crippen molar-refractivity contribution in [2.24, 2.45) is 0 Å². The molecule has 0 aromatic carbocycles. The zero-order valence-corrected chi connectivity index (χ0v) is 16.1. The van der Waals surface area contributed by atoms with Gasteiger partial charge in [-0.1, -0.05) is 19.3 Å². The topological polar surface area (TPSA) is 54.9 Å². The van der Waals surface area contributed by atoms with Crippen LogP contribution in [-0.2, 0) is 17.6 Å². The molecule has 0 spiro atoms. The summed E-state index contributed by atoms with van der Waals surface area (Å²) < 4.78 is 0. The predicted octanol–water partition coefficient (Wildman–Crippen LogP) is 4.17. The van der Waals surface area contributed by atoms with Gasteiger partial charge < -0.3 is 5.32 Å². The minimum absolute atomic E-state index is 0.0486. The lowest BCUT2D eigenvalue weighted by atomic mass is 9.87. The van der Waals surface area contributed by atoms with E-state index in [0.717, 1.165) is 27.0 Å². The van der Waals surface area contributed by atoms with Crippen molar-refractivity contribution in [2.75, 3.05) is 6.54 Å². The third-order valence-corrected chi connectivity index (χ3v) is 6.44. The first-order chi connectivity index (χ1) is 11.6. The van der Waals surface area contributed by atoms with Crippen LogP contribution in [0.15, 0.2) is 5.38 Å². The van der Waals surface area contributed by atoms with Crippen LogP contribution in [0, 0.1) is 13.8 Å². The number of thiazole rings is 2. The predicted molar refractivity (Wildman–Crippen MR) is 99.9 cm³/mol. The molecule has 1 amide bonds. The van der Waals surface area contributed by atoms with Crippen molar-refractivity contribution in [3.63, 3.8) is 0 Å². The Morgan fingerprint density at radius 2 is 2.04 bits per heavy atom. The average Bonchev–Trinajstić information content (AvgIpc) is 3.15. The molecule has 2 aromatic heterocycles. The number of carbonyl (C=O) groups is 1. The molecule has 2 heterocycles. The van der Waals surface area contributed by atoms with Gasteiger partial charge in [-0.15, -0.1) is 22.7 Å². The highest BCUT2D eigenvalue weighted by Gasteiger charge is 2.18. The molecule has 1 aliphatic carbocycles. The number of nitrogens with zero attached hydrogens (tertiary/aromatic N) is 2. The molecule has 1 fully saturated rings. The van der Waals surface area contributed by atoms with Gasteiger partial charge in [0.15, 0.2) is 0 Å². The lowest BCUT2D eigenvalue weighted by Crippen LogP contribution is -2.27. The van der Waals surface area contributed by atoms with E-state index >= 15 is 0 Å². The molecule has 0 saturated heterocycles. The molecule has 24 heavy (non-hydrogen) atoms. The van der Waals surface area contributed by atoms with E-state index in [4.69, 9.17) is 4.98 Å². The Balaban J connectivity index is 1.43. The van der Waals surface area contributed by atoms with Crippen molar-refractivity contribution in [1.29, 1.82) is 0 Å². The summed E-state index contributed by atoms with van der Waals surface area (Å²) in [5.74, 6) is 0.710. The van der Waals surface area contributed by atoms with Crippen molar-refractivity contribution in [1.82, 2.24) is 15.3 Å². The average molecular weight is 364 g/mol. The fraction of sp³-hybridized carbons (Fsp3) is 0.611. The summed E-state index contributed by atoms with van der Waals surface area (Å²) in [6.07, 6.45) is 7.81. The van der Waals surface area contributed by atoms with Crippen LogP contribution in [0.3, 0.4) is 0 Å². The minimum Gasteiger partial charge on any atom is -0.355 e. The van der Waals surface area contributed by atoms with E-state index in [1.165, 1.54) is 37.8 Å². The largest absolute Gasteiger partial charge is 0.355 e. The summed E-state index contributed by atoms with van der Waals surface area (Å²) in [5.41, 5.74) is 2.18. The van der Waals surface area contributed by atoms with Crippen LogP contribution < -0.4 is 5.32 Å². The SMILES string of the molecule is Cc1nc(CC(=O)NCCc2nc(C3CCCCC3)cs2)c(C)s1. The molecule has 0 bridgehead atoms. The van der Waals surface area contributed by atoms with Crippen molar-refractivity contribution < 1.29 is 4.79 Å². The molecule has 1 N–H and O–H groups in total. The van der Waals surface area contributed by atoms with Gasteiger partial charge in [0.05, 0.1) is 27.8 Å². The maximum absolute atomic E-state index is 12.1. The molecule has 4 nitrogen and oxygen atoms in total. The summed E-state index contributed by atoms with van der Waals surface area (Å²) in [6, 6.07) is 0. The van der Waals surface area contributed by atoms with Crippen LogP contribution in [0.1, 0.15) is 64.3 Å². The Morgan fingerprint density at radius 1 is 1.25 bits per heavy atom. The van der Waals surface area contributed by atoms with Crippen LogP contribution in [0.25, 0.3) is 0 Å². The van der Waals surface area contributed by atoms with E-state index in [1.807, 2.05) is 13.8 Å². The van der Waals surface area contributed by atoms with Crippen molar-refractivity contribution >= 4 is 28.6 Å². The summed E-state index contributed by atoms with van der Waals surface area (Å²) >= 11 is 3.38. The van der Waals surface area contributed by atoms with Crippen LogP contribution in [0.2, 0.25) is 0 Å². The number of aromatic nitrogens is 2. The van der Waals surface area contributed by atoms with E-state index < -0.39 is 0 Å². The van der Waals surface area contributed by atoms with Gasteiger partial charge in [0.25, 0.3) is 0 Å². The fourth-order valence-electron chi connectivity index (χ4n) is 3.29. The normalized spacial score (nSPS) is 15.6. The lowest BCUT2D eigenvalue weighted by Gasteiger charge is -2.19. The van der Waals surface area contributed by atoms with Gasteiger partial charge in [0, 0.05) is 29.1 Å². The Kier molecular flexibility index (Phi) is 6.00. The molecule has 0 unspecified atom stereocenters. The smallest absolute Gasteiger partial charge is 0.226 e. The number of nitrogens with one attached hydrogen (secondary N) is 1. The molecule has 6 heteroatoms. The van der Waals surface area contributed by atoms with Crippen LogP contribution in [0.5, 0.6) is 0 Å². The first-order valence-electron chi connectivity index (χ1n) is 8.75. The summed E-state index contributed by atoms with van der Waals surface area (Å²) in [6.45, 7) is 4.65. The van der Waals surface area contributed by atoms with Gasteiger partial charge in [-0.3, -0.25) is 4.79 Å². The Morgan fingerprint density at radius 3 is 2.75 bits per heavy atom. The zero-order chi connectivity index (χ0) is 16.9. The number of rotatable bonds is 6. The summed E-state index contributed by atoms with van der Waals surface area (Å²) in [7, 11) is 0. The van der Waals surface area contributed by atoms with Gasteiger partial charge >= 0.3 is 0 Å². The third kappa shape index (κ3) is 4.63. The Hall–Kier alpha value is -1.27. The minimum atomic E-state index is 0.0486. The first kappa shape index (κ1) is 17.5. The quantitative estimate of drug-likeness (QED) is 0.838. The van der Waals surface area contributed by atoms with Gasteiger partial charge in [-0.2, -0.15) is 0 Å². The standard InChI is InChI=1S/C18H25N3OS2/c1-12-15(20-13(2)24-12)10-17(22)19-9-8-18-21-16(11-23-18)14-6-4-3-5-7-14/h11,14H,3-10H2,1-2H3,(H,19,22). The number of hydrogen-bond donors (Lipinski definition) is 1. The molecular formula is C18H25N3OS2. The maximum Gasteiger partial charge on any atom is 0.226 e. The second kappa shape index (κ2) is 8.21. The molecule has 0 atom stereocenters. The zero-order valence-electron chi connectivity index (χ0n) is 14.4. The van der Waals surface area contributed by atoms with Crippen molar-refractivity contribution in [2.45, 2.75) is 64.7 Å². The van der Waals surface area contributed by atoms with Gasteiger partial charge in [-0.25, -0.2) is 9.97 Å². The lowest BCUT2D eigenvalue weighted by molar-refractivity contribution is -0.120. The van der Waals surface area contributed by atoms with Crippen molar-refractivity contribution in [3.8, 4) is 0 Å². The van der Waals surface area contributed by atoms with Crippen LogP contribution >= 0.6 is 22.7 Å². The molecule has 1 aliphatic rings. The number of carbonyl (C=O) groups excluding carboxylic acids is 1. The van der Waals surface area contributed by atoms with Gasteiger partial charge in [-0.05, 0) is 26.7 Å². The molecule has 130 valence electrons. The van der Waals surface area contributed by atoms with Gasteiger partial charge in [0.2, 0.25) is 5.91 Å². The summed E-state index contributed by atoms with van der Waals surface area (Å²) in [4.78, 5) is 22.4. The van der Waals surface area contributed by atoms with Gasteiger partial charge in [0.1, 0.15) is 0 Å². The first-order valence-corrected chi connectivity index (χ1v) is 10.5. The molecule has 1 saturated carbocycles.